The van der Waals surface area contributed by atoms with Gasteiger partial charge in [0.15, 0.2) is 0 Å². The molecule has 210 valence electrons. The van der Waals surface area contributed by atoms with Crippen molar-refractivity contribution in [1.29, 1.82) is 0 Å². The number of carbonyl (C=O) groups is 3. The van der Waals surface area contributed by atoms with Crippen molar-refractivity contribution in [3.8, 4) is 5.75 Å². The number of likely N-dealkylation sites (tertiary alicyclic amines) is 1. The third kappa shape index (κ3) is 4.68. The number of amides is 3. The maximum atomic E-state index is 14.2. The van der Waals surface area contributed by atoms with Gasteiger partial charge in [0.05, 0.1) is 25.0 Å². The molecule has 0 unspecified atom stereocenters. The van der Waals surface area contributed by atoms with E-state index < -0.39 is 29.6 Å². The summed E-state index contributed by atoms with van der Waals surface area (Å²) in [5.41, 5.74) is 1.68. The number of benzene rings is 2. The first-order valence-corrected chi connectivity index (χ1v) is 14.4. The molecule has 6 rings (SSSR count). The Morgan fingerprint density at radius 1 is 1.07 bits per heavy atom. The molecule has 1 aliphatic carbocycles. The van der Waals surface area contributed by atoms with Crippen LogP contribution in [0.2, 0.25) is 0 Å². The quantitative estimate of drug-likeness (QED) is 0.494. The zero-order valence-electron chi connectivity index (χ0n) is 23.1. The van der Waals surface area contributed by atoms with Crippen LogP contribution in [0.1, 0.15) is 43.2 Å². The Kier molecular flexibility index (Phi) is 7.13. The van der Waals surface area contributed by atoms with Gasteiger partial charge >= 0.3 is 0 Å². The monoisotopic (exact) mass is 543 g/mol. The van der Waals surface area contributed by atoms with Gasteiger partial charge in [-0.25, -0.2) is 0 Å². The van der Waals surface area contributed by atoms with Gasteiger partial charge in [0.1, 0.15) is 17.4 Å². The highest BCUT2D eigenvalue weighted by Gasteiger charge is 2.72. The van der Waals surface area contributed by atoms with Gasteiger partial charge in [-0.1, -0.05) is 67.3 Å². The molecular formula is C32H37N3O5. The highest BCUT2D eigenvalue weighted by molar-refractivity contribution is 6.02. The fraction of sp³-hybridized carbons (Fsp3) is 0.469. The van der Waals surface area contributed by atoms with Crippen molar-refractivity contribution in [2.75, 3.05) is 19.0 Å². The van der Waals surface area contributed by atoms with Crippen molar-refractivity contribution in [2.24, 2.45) is 11.8 Å². The van der Waals surface area contributed by atoms with Crippen molar-refractivity contribution >= 4 is 23.4 Å². The SMILES string of the molecule is COc1cccc(NC(=O)[C@H]2[C@@H]3C=C[C@]4(O3)[C@@H]2C(=O)N(CCc2ccc(C)cc2)[C@@H]4C(=O)NC2CCCCC2)c1. The van der Waals surface area contributed by atoms with Gasteiger partial charge in [-0.2, -0.15) is 0 Å². The number of nitrogens with zero attached hydrogens (tertiary/aromatic N) is 1. The van der Waals surface area contributed by atoms with Crippen molar-refractivity contribution in [3.05, 3.63) is 71.8 Å². The van der Waals surface area contributed by atoms with Crippen LogP contribution in [0.15, 0.2) is 60.7 Å². The predicted molar refractivity (Wildman–Crippen MR) is 151 cm³/mol. The summed E-state index contributed by atoms with van der Waals surface area (Å²) in [6.07, 6.45) is 9.00. The van der Waals surface area contributed by atoms with E-state index in [4.69, 9.17) is 9.47 Å². The lowest BCUT2D eigenvalue weighted by molar-refractivity contribution is -0.141. The Balaban J connectivity index is 1.28. The second-order valence-electron chi connectivity index (χ2n) is 11.5. The molecule has 8 heteroatoms. The molecule has 1 spiro atoms. The van der Waals surface area contributed by atoms with E-state index in [1.54, 1.807) is 36.3 Å². The smallest absolute Gasteiger partial charge is 0.246 e. The summed E-state index contributed by atoms with van der Waals surface area (Å²) in [7, 11) is 1.57. The molecule has 5 atom stereocenters. The number of methoxy groups -OCH3 is 1. The standard InChI is InChI=1S/C32H37N3O5/c1-20-11-13-21(14-12-20)16-18-35-28(30(37)33-22-7-4-3-5-8-22)32-17-15-25(40-32)26(27(32)31(35)38)29(36)34-23-9-6-10-24(19-23)39-2/h6,9-15,17,19,22,25-28H,3-5,7-8,16,18H2,1-2H3,(H,33,37)(H,34,36)/t25-,26-,27-,28+,32-/m0/s1. The molecule has 4 aliphatic rings. The average Bonchev–Trinajstić information content (AvgIpc) is 3.60. The number of carbonyl (C=O) groups excluding carboxylic acids is 3. The number of ether oxygens (including phenoxy) is 2. The second-order valence-corrected chi connectivity index (χ2v) is 11.5. The van der Waals surface area contributed by atoms with Crippen LogP contribution in [0.3, 0.4) is 0 Å². The predicted octanol–water partition coefficient (Wildman–Crippen LogP) is 3.78. The molecule has 3 amide bonds. The van der Waals surface area contributed by atoms with Gasteiger partial charge in [0.25, 0.3) is 0 Å². The summed E-state index contributed by atoms with van der Waals surface area (Å²) in [5.74, 6) is -1.57. The third-order valence-corrected chi connectivity index (χ3v) is 8.98. The Hall–Kier alpha value is -3.65. The zero-order chi connectivity index (χ0) is 27.9. The number of hydrogen-bond acceptors (Lipinski definition) is 5. The van der Waals surface area contributed by atoms with Crippen LogP contribution in [-0.4, -0.2) is 60.1 Å². The molecule has 2 aromatic carbocycles. The lowest BCUT2D eigenvalue weighted by Crippen LogP contribution is -2.56. The van der Waals surface area contributed by atoms with E-state index in [9.17, 15) is 14.4 Å². The van der Waals surface area contributed by atoms with E-state index in [0.717, 1.165) is 31.2 Å². The van der Waals surface area contributed by atoms with Gasteiger partial charge in [-0.3, -0.25) is 14.4 Å². The van der Waals surface area contributed by atoms with Crippen LogP contribution in [0.4, 0.5) is 5.69 Å². The minimum absolute atomic E-state index is 0.0977. The summed E-state index contributed by atoms with van der Waals surface area (Å²) in [5, 5.41) is 6.20. The maximum Gasteiger partial charge on any atom is 0.246 e. The fourth-order valence-corrected chi connectivity index (χ4v) is 6.97. The first-order valence-electron chi connectivity index (χ1n) is 14.4. The van der Waals surface area contributed by atoms with Crippen LogP contribution in [-0.2, 0) is 25.5 Å². The molecule has 2 aromatic rings. The number of fused-ring (bicyclic) bond motifs is 1. The Morgan fingerprint density at radius 3 is 2.60 bits per heavy atom. The van der Waals surface area contributed by atoms with Crippen molar-refractivity contribution < 1.29 is 23.9 Å². The van der Waals surface area contributed by atoms with Crippen LogP contribution in [0, 0.1) is 18.8 Å². The summed E-state index contributed by atoms with van der Waals surface area (Å²) in [6.45, 7) is 2.41. The lowest BCUT2D eigenvalue weighted by atomic mass is 9.74. The van der Waals surface area contributed by atoms with Gasteiger partial charge in [-0.05, 0) is 43.9 Å². The van der Waals surface area contributed by atoms with Gasteiger partial charge in [0, 0.05) is 24.3 Å². The van der Waals surface area contributed by atoms with Gasteiger partial charge in [-0.15, -0.1) is 0 Å². The minimum atomic E-state index is -1.16. The third-order valence-electron chi connectivity index (χ3n) is 8.98. The van der Waals surface area contributed by atoms with Crippen molar-refractivity contribution in [3.63, 3.8) is 0 Å². The topological polar surface area (TPSA) is 97.0 Å². The maximum absolute atomic E-state index is 14.2. The summed E-state index contributed by atoms with van der Waals surface area (Å²) < 4.78 is 11.8. The normalized spacial score (nSPS) is 28.9. The molecule has 2 bridgehead atoms. The first-order chi connectivity index (χ1) is 19.4. The van der Waals surface area contributed by atoms with Crippen LogP contribution in [0.5, 0.6) is 5.75 Å². The molecule has 1 saturated carbocycles. The minimum Gasteiger partial charge on any atom is -0.497 e. The Bertz CT molecular complexity index is 1320. The molecule has 2 N–H and O–H groups in total. The molecule has 8 nitrogen and oxygen atoms in total. The molecule has 2 saturated heterocycles. The van der Waals surface area contributed by atoms with E-state index in [-0.39, 0.29) is 23.8 Å². The van der Waals surface area contributed by atoms with E-state index in [1.165, 1.54) is 12.0 Å². The molecule has 3 aliphatic heterocycles. The molecule has 3 fully saturated rings. The van der Waals surface area contributed by atoms with Gasteiger partial charge in [0.2, 0.25) is 17.7 Å². The van der Waals surface area contributed by atoms with Crippen molar-refractivity contribution in [2.45, 2.75) is 69.2 Å². The summed E-state index contributed by atoms with van der Waals surface area (Å²) >= 11 is 0. The highest BCUT2D eigenvalue weighted by atomic mass is 16.5. The Labute approximate surface area is 235 Å². The van der Waals surface area contributed by atoms with E-state index in [2.05, 4.69) is 22.8 Å². The molecule has 0 aromatic heterocycles. The van der Waals surface area contributed by atoms with Crippen LogP contribution >= 0.6 is 0 Å². The first kappa shape index (κ1) is 26.6. The summed E-state index contributed by atoms with van der Waals surface area (Å²) in [4.78, 5) is 43.4. The average molecular weight is 544 g/mol. The number of rotatable bonds is 8. The number of anilines is 1. The van der Waals surface area contributed by atoms with Crippen LogP contribution < -0.4 is 15.4 Å². The zero-order valence-corrected chi connectivity index (χ0v) is 23.1. The van der Waals surface area contributed by atoms with E-state index >= 15 is 0 Å². The highest BCUT2D eigenvalue weighted by Crippen LogP contribution is 2.55. The molecular weight excluding hydrogens is 506 g/mol. The van der Waals surface area contributed by atoms with Crippen molar-refractivity contribution in [1.82, 2.24) is 10.2 Å². The molecule has 3 heterocycles. The number of nitrogens with one attached hydrogen (secondary N) is 2. The fourth-order valence-electron chi connectivity index (χ4n) is 6.97. The summed E-state index contributed by atoms with van der Waals surface area (Å²) in [6, 6.07) is 14.6. The van der Waals surface area contributed by atoms with Crippen LogP contribution in [0.25, 0.3) is 0 Å². The van der Waals surface area contributed by atoms with Gasteiger partial charge < -0.3 is 25.0 Å². The number of aryl methyl sites for hydroxylation is 1. The number of hydrogen-bond donors (Lipinski definition) is 2. The lowest BCUT2D eigenvalue weighted by Gasteiger charge is -2.34. The molecule has 40 heavy (non-hydrogen) atoms. The van der Waals surface area contributed by atoms with E-state index in [1.807, 2.05) is 31.2 Å². The Morgan fingerprint density at radius 2 is 1.85 bits per heavy atom. The van der Waals surface area contributed by atoms with E-state index in [0.29, 0.717) is 24.4 Å². The molecule has 0 radical (unpaired) electrons. The largest absolute Gasteiger partial charge is 0.497 e. The second kappa shape index (κ2) is 10.7.